The number of benzene rings is 1. The van der Waals surface area contributed by atoms with Crippen LogP contribution in [0, 0.1) is 10.1 Å². The molecule has 0 aliphatic rings. The Morgan fingerprint density at radius 2 is 2.25 bits per heavy atom. The van der Waals surface area contributed by atoms with E-state index in [0.29, 0.717) is 6.54 Å². The maximum Gasteiger partial charge on any atom is 0.329 e. The molecule has 0 aliphatic heterocycles. The summed E-state index contributed by atoms with van der Waals surface area (Å²) in [6.45, 7) is 0.466. The minimum atomic E-state index is -0.525. The molecule has 8 heteroatoms. The summed E-state index contributed by atoms with van der Waals surface area (Å²) in [7, 11) is 1.71. The molecule has 1 heterocycles. The molecule has 0 amide bonds. The van der Waals surface area contributed by atoms with Crippen molar-refractivity contribution in [2.24, 2.45) is 0 Å². The van der Waals surface area contributed by atoms with Crippen molar-refractivity contribution in [2.45, 2.75) is 6.54 Å². The van der Waals surface area contributed by atoms with Crippen molar-refractivity contribution in [1.82, 2.24) is 9.97 Å². The van der Waals surface area contributed by atoms with Gasteiger partial charge in [0.25, 0.3) is 0 Å². The maximum atomic E-state index is 11.0. The van der Waals surface area contributed by atoms with E-state index >= 15 is 0 Å². The summed E-state index contributed by atoms with van der Waals surface area (Å²) in [4.78, 5) is 19.7. The number of nitro groups is 1. The highest BCUT2D eigenvalue weighted by atomic mass is 79.9. The van der Waals surface area contributed by atoms with Crippen molar-refractivity contribution in [3.8, 4) is 0 Å². The first kappa shape index (κ1) is 14.7. The van der Waals surface area contributed by atoms with E-state index < -0.39 is 4.92 Å². The Labute approximate surface area is 128 Å². The molecule has 0 aliphatic carbocycles. The number of aromatic nitrogens is 2. The van der Waals surface area contributed by atoms with Crippen molar-refractivity contribution < 1.29 is 4.92 Å². The van der Waals surface area contributed by atoms with Gasteiger partial charge < -0.3 is 4.90 Å². The Kier molecular flexibility index (Phi) is 4.51. The number of anilines is 1. The van der Waals surface area contributed by atoms with Crippen LogP contribution in [0.5, 0.6) is 0 Å². The second-order valence-electron chi connectivity index (χ2n) is 4.09. The molecule has 0 bridgehead atoms. The lowest BCUT2D eigenvalue weighted by molar-refractivity contribution is -0.384. The maximum absolute atomic E-state index is 11.0. The fourth-order valence-electron chi connectivity index (χ4n) is 1.74. The normalized spacial score (nSPS) is 10.3. The van der Waals surface area contributed by atoms with Crippen LogP contribution in [0.4, 0.5) is 11.5 Å². The van der Waals surface area contributed by atoms with Gasteiger partial charge in [-0.1, -0.05) is 28.1 Å². The van der Waals surface area contributed by atoms with Gasteiger partial charge in [-0.3, -0.25) is 10.1 Å². The van der Waals surface area contributed by atoms with Crippen LogP contribution in [0.1, 0.15) is 5.56 Å². The first-order chi connectivity index (χ1) is 9.47. The molecule has 0 saturated heterocycles. The number of nitrogens with zero attached hydrogens (tertiary/aromatic N) is 4. The Morgan fingerprint density at radius 1 is 1.50 bits per heavy atom. The molecular weight excluding hydrogens is 348 g/mol. The second-order valence-corrected chi connectivity index (χ2v) is 5.34. The van der Waals surface area contributed by atoms with Gasteiger partial charge in [-0.15, -0.1) is 0 Å². The molecule has 0 atom stereocenters. The van der Waals surface area contributed by atoms with Crippen molar-refractivity contribution in [3.63, 3.8) is 0 Å². The minimum Gasteiger partial charge on any atom is -0.349 e. The standard InChI is InChI=1S/C12H10BrClN4O2/c1-17(7-8-3-2-4-9(13)5-8)11-10(18(19)20)6-15-12(14)16-11/h2-6H,7H2,1H3. The summed E-state index contributed by atoms with van der Waals surface area (Å²) in [6, 6.07) is 7.67. The van der Waals surface area contributed by atoms with E-state index in [9.17, 15) is 10.1 Å². The third kappa shape index (κ3) is 3.43. The van der Waals surface area contributed by atoms with Crippen LogP contribution in [-0.2, 0) is 6.54 Å². The molecule has 0 N–H and O–H groups in total. The lowest BCUT2D eigenvalue weighted by Crippen LogP contribution is -2.19. The topological polar surface area (TPSA) is 72.2 Å². The molecule has 2 rings (SSSR count). The SMILES string of the molecule is CN(Cc1cccc(Br)c1)c1nc(Cl)ncc1[N+](=O)[O-]. The molecule has 1 aromatic carbocycles. The van der Waals surface area contributed by atoms with Crippen LogP contribution in [0.25, 0.3) is 0 Å². The molecule has 0 saturated carbocycles. The fourth-order valence-corrected chi connectivity index (χ4v) is 2.31. The highest BCUT2D eigenvalue weighted by Crippen LogP contribution is 2.26. The van der Waals surface area contributed by atoms with Gasteiger partial charge in [-0.25, -0.2) is 4.98 Å². The van der Waals surface area contributed by atoms with E-state index in [4.69, 9.17) is 11.6 Å². The highest BCUT2D eigenvalue weighted by Gasteiger charge is 2.20. The molecule has 0 radical (unpaired) electrons. The Morgan fingerprint density at radius 3 is 2.90 bits per heavy atom. The summed E-state index contributed by atoms with van der Waals surface area (Å²) in [5.74, 6) is 0.190. The predicted molar refractivity (Wildman–Crippen MR) is 79.9 cm³/mol. The predicted octanol–water partition coefficient (Wildman–Crippen LogP) is 3.44. The van der Waals surface area contributed by atoms with Crippen LogP contribution in [0.2, 0.25) is 5.28 Å². The van der Waals surface area contributed by atoms with Crippen molar-refractivity contribution in [3.05, 3.63) is 55.9 Å². The van der Waals surface area contributed by atoms with Gasteiger partial charge in [0.15, 0.2) is 0 Å². The van der Waals surface area contributed by atoms with Crippen LogP contribution >= 0.6 is 27.5 Å². The monoisotopic (exact) mass is 356 g/mol. The average molecular weight is 358 g/mol. The molecule has 0 fully saturated rings. The zero-order valence-electron chi connectivity index (χ0n) is 10.5. The summed E-state index contributed by atoms with van der Waals surface area (Å²) >= 11 is 9.10. The van der Waals surface area contributed by atoms with Gasteiger partial charge in [0, 0.05) is 18.1 Å². The van der Waals surface area contributed by atoms with E-state index in [-0.39, 0.29) is 16.8 Å². The van der Waals surface area contributed by atoms with E-state index in [0.717, 1.165) is 16.2 Å². The first-order valence-corrected chi connectivity index (χ1v) is 6.77. The first-order valence-electron chi connectivity index (χ1n) is 5.60. The Balaban J connectivity index is 2.31. The smallest absolute Gasteiger partial charge is 0.329 e. The van der Waals surface area contributed by atoms with Crippen LogP contribution in [-0.4, -0.2) is 21.9 Å². The lowest BCUT2D eigenvalue weighted by Gasteiger charge is -2.18. The van der Waals surface area contributed by atoms with E-state index in [1.54, 1.807) is 11.9 Å². The second kappa shape index (κ2) is 6.15. The number of hydrogen-bond donors (Lipinski definition) is 0. The van der Waals surface area contributed by atoms with Crippen LogP contribution in [0.15, 0.2) is 34.9 Å². The molecule has 6 nitrogen and oxygen atoms in total. The van der Waals surface area contributed by atoms with Crippen molar-refractivity contribution >= 4 is 39.0 Å². The van der Waals surface area contributed by atoms with E-state index in [1.165, 1.54) is 0 Å². The Bertz CT molecular complexity index is 653. The number of halogens is 2. The fraction of sp³-hybridized carbons (Fsp3) is 0.167. The summed E-state index contributed by atoms with van der Waals surface area (Å²) in [5.41, 5.74) is 0.817. The highest BCUT2D eigenvalue weighted by molar-refractivity contribution is 9.10. The minimum absolute atomic E-state index is 0.0216. The van der Waals surface area contributed by atoms with Crippen LogP contribution < -0.4 is 4.90 Å². The van der Waals surface area contributed by atoms with Gasteiger partial charge in [0.2, 0.25) is 11.1 Å². The molecule has 1 aromatic heterocycles. The number of rotatable bonds is 4. The number of hydrogen-bond acceptors (Lipinski definition) is 5. The van der Waals surface area contributed by atoms with Gasteiger partial charge >= 0.3 is 5.69 Å². The summed E-state index contributed by atoms with van der Waals surface area (Å²) in [6.07, 6.45) is 1.11. The summed E-state index contributed by atoms with van der Waals surface area (Å²) in [5, 5.41) is 11.0. The molecule has 20 heavy (non-hydrogen) atoms. The van der Waals surface area contributed by atoms with Gasteiger partial charge in [-0.05, 0) is 29.3 Å². The Hall–Kier alpha value is -1.73. The molecule has 104 valence electrons. The lowest BCUT2D eigenvalue weighted by atomic mass is 10.2. The van der Waals surface area contributed by atoms with Crippen LogP contribution in [0.3, 0.4) is 0 Å². The molecule has 0 spiro atoms. The third-order valence-corrected chi connectivity index (χ3v) is 3.26. The molecule has 2 aromatic rings. The van der Waals surface area contributed by atoms with E-state index in [1.807, 2.05) is 24.3 Å². The van der Waals surface area contributed by atoms with Gasteiger partial charge in [-0.2, -0.15) is 4.98 Å². The van der Waals surface area contributed by atoms with Crippen molar-refractivity contribution in [2.75, 3.05) is 11.9 Å². The molecular formula is C12H10BrClN4O2. The van der Waals surface area contributed by atoms with Gasteiger partial charge in [0.1, 0.15) is 6.20 Å². The zero-order chi connectivity index (χ0) is 14.7. The largest absolute Gasteiger partial charge is 0.349 e. The zero-order valence-corrected chi connectivity index (χ0v) is 12.8. The van der Waals surface area contributed by atoms with Gasteiger partial charge in [0.05, 0.1) is 4.92 Å². The average Bonchev–Trinajstić information content (AvgIpc) is 2.38. The third-order valence-electron chi connectivity index (χ3n) is 2.59. The quantitative estimate of drug-likeness (QED) is 0.476. The van der Waals surface area contributed by atoms with E-state index in [2.05, 4.69) is 25.9 Å². The van der Waals surface area contributed by atoms with Crippen molar-refractivity contribution in [1.29, 1.82) is 0 Å². The summed E-state index contributed by atoms with van der Waals surface area (Å²) < 4.78 is 0.943. The molecule has 0 unspecified atom stereocenters.